The normalized spacial score (nSPS) is 14.9. The number of hydrogen-bond donors (Lipinski definition) is 3. The number of hydrogen-bond acceptors (Lipinski definition) is 8. The number of nitrogen functional groups attached to an aromatic ring is 1. The third-order valence-corrected chi connectivity index (χ3v) is 6.74. The van der Waals surface area contributed by atoms with E-state index in [-0.39, 0.29) is 16.8 Å². The van der Waals surface area contributed by atoms with Crippen LogP contribution in [0.1, 0.15) is 10.4 Å². The van der Waals surface area contributed by atoms with Gasteiger partial charge in [0.05, 0.1) is 4.90 Å². The number of piperazine rings is 1. The molecular formula is C19H19F2N7O3S. The molecule has 1 aromatic heterocycles. The highest BCUT2D eigenvalue weighted by Crippen LogP contribution is 2.21. The molecule has 13 heteroatoms. The van der Waals surface area contributed by atoms with Crippen LogP contribution in [0.2, 0.25) is 0 Å². The van der Waals surface area contributed by atoms with Crippen LogP contribution in [0.5, 0.6) is 0 Å². The lowest BCUT2D eigenvalue weighted by Gasteiger charge is -2.26. The molecule has 32 heavy (non-hydrogen) atoms. The minimum absolute atomic E-state index is 0.106. The molecule has 0 spiro atoms. The predicted octanol–water partition coefficient (Wildman–Crippen LogP) is 1.16. The number of rotatable bonds is 5. The van der Waals surface area contributed by atoms with Gasteiger partial charge in [0.15, 0.2) is 0 Å². The Morgan fingerprint density at radius 2 is 1.69 bits per heavy atom. The number of halogens is 2. The summed E-state index contributed by atoms with van der Waals surface area (Å²) in [5, 5.41) is 9.74. The van der Waals surface area contributed by atoms with Gasteiger partial charge in [-0.05, 0) is 36.4 Å². The second-order valence-electron chi connectivity index (χ2n) is 6.91. The molecule has 4 rings (SSSR count). The highest BCUT2D eigenvalue weighted by atomic mass is 32.2. The van der Waals surface area contributed by atoms with Gasteiger partial charge in [-0.15, -0.1) is 5.10 Å². The van der Waals surface area contributed by atoms with Crippen LogP contribution in [0.4, 0.5) is 26.4 Å². The minimum Gasteiger partial charge on any atom is -0.368 e. The van der Waals surface area contributed by atoms with Crippen molar-refractivity contribution in [2.75, 3.05) is 37.2 Å². The summed E-state index contributed by atoms with van der Waals surface area (Å²) in [6.45, 7) is 1.95. The fourth-order valence-electron chi connectivity index (χ4n) is 3.21. The minimum atomic E-state index is -3.61. The van der Waals surface area contributed by atoms with E-state index >= 15 is 0 Å². The number of nitrogens with two attached hydrogens (primary N) is 1. The van der Waals surface area contributed by atoms with Gasteiger partial charge in [-0.2, -0.15) is 14.0 Å². The largest absolute Gasteiger partial charge is 0.368 e. The first-order valence-electron chi connectivity index (χ1n) is 9.56. The van der Waals surface area contributed by atoms with Crippen molar-refractivity contribution in [1.29, 1.82) is 0 Å². The van der Waals surface area contributed by atoms with E-state index < -0.39 is 33.1 Å². The summed E-state index contributed by atoms with van der Waals surface area (Å²) in [6, 6.07) is 8.89. The number of benzene rings is 2. The Morgan fingerprint density at radius 1 is 1.06 bits per heavy atom. The molecule has 3 aromatic rings. The summed E-state index contributed by atoms with van der Waals surface area (Å²) in [7, 11) is -3.61. The van der Waals surface area contributed by atoms with Crippen molar-refractivity contribution >= 4 is 33.5 Å². The number of aromatic nitrogens is 3. The van der Waals surface area contributed by atoms with Crippen LogP contribution in [-0.2, 0) is 10.0 Å². The van der Waals surface area contributed by atoms with Gasteiger partial charge in [-0.3, -0.25) is 4.79 Å². The number of carbonyl (C=O) groups is 1. The van der Waals surface area contributed by atoms with Crippen molar-refractivity contribution in [2.24, 2.45) is 0 Å². The topological polar surface area (TPSA) is 135 Å². The Hall–Kier alpha value is -3.42. The SMILES string of the molecule is Nc1nc(Nc2ccc(S(=O)(=O)N3CCNCC3)cc2)nn1C(=O)c1c(F)cccc1F. The van der Waals surface area contributed by atoms with Gasteiger partial charge in [-0.1, -0.05) is 6.07 Å². The maximum Gasteiger partial charge on any atom is 0.287 e. The van der Waals surface area contributed by atoms with Crippen molar-refractivity contribution in [3.05, 3.63) is 59.7 Å². The van der Waals surface area contributed by atoms with E-state index in [0.29, 0.717) is 36.5 Å². The van der Waals surface area contributed by atoms with Crippen LogP contribution < -0.4 is 16.4 Å². The number of anilines is 3. The summed E-state index contributed by atoms with van der Waals surface area (Å²) in [5.41, 5.74) is 5.31. The lowest BCUT2D eigenvalue weighted by atomic mass is 10.2. The third-order valence-electron chi connectivity index (χ3n) is 4.83. The molecule has 0 amide bonds. The quantitative estimate of drug-likeness (QED) is 0.513. The monoisotopic (exact) mass is 463 g/mol. The standard InChI is InChI=1S/C19H19F2N7O3S/c20-14-2-1-3-15(21)16(14)17(29)28-18(22)25-19(26-28)24-12-4-6-13(7-5-12)32(30,31)27-10-8-23-9-11-27/h1-7,23H,8-11H2,(H3,22,24,25,26). The van der Waals surface area contributed by atoms with Crippen molar-refractivity contribution in [1.82, 2.24) is 24.4 Å². The Morgan fingerprint density at radius 3 is 2.31 bits per heavy atom. The molecule has 168 valence electrons. The molecule has 1 saturated heterocycles. The molecule has 10 nitrogen and oxygen atoms in total. The van der Waals surface area contributed by atoms with Crippen LogP contribution in [-0.4, -0.2) is 59.6 Å². The summed E-state index contributed by atoms with van der Waals surface area (Å²) in [4.78, 5) is 16.5. The molecule has 2 heterocycles. The molecule has 0 atom stereocenters. The fraction of sp³-hybridized carbons (Fsp3) is 0.211. The average Bonchev–Trinajstić information content (AvgIpc) is 3.14. The first-order valence-corrected chi connectivity index (χ1v) is 11.0. The van der Waals surface area contributed by atoms with Gasteiger partial charge in [-0.25, -0.2) is 17.2 Å². The molecular weight excluding hydrogens is 444 g/mol. The summed E-state index contributed by atoms with van der Waals surface area (Å²) >= 11 is 0. The highest BCUT2D eigenvalue weighted by molar-refractivity contribution is 7.89. The number of carbonyl (C=O) groups excluding carboxylic acids is 1. The van der Waals surface area contributed by atoms with Crippen LogP contribution >= 0.6 is 0 Å². The molecule has 0 radical (unpaired) electrons. The first kappa shape index (κ1) is 21.8. The maximum atomic E-state index is 13.9. The Balaban J connectivity index is 1.52. The molecule has 0 saturated carbocycles. The van der Waals surface area contributed by atoms with E-state index in [2.05, 4.69) is 20.7 Å². The molecule has 0 bridgehead atoms. The van der Waals surface area contributed by atoms with E-state index in [9.17, 15) is 22.0 Å². The maximum absolute atomic E-state index is 13.9. The van der Waals surface area contributed by atoms with Crippen molar-refractivity contribution in [3.63, 3.8) is 0 Å². The van der Waals surface area contributed by atoms with E-state index in [0.717, 1.165) is 18.2 Å². The predicted molar refractivity (Wildman–Crippen MR) is 112 cm³/mol. The van der Waals surface area contributed by atoms with Gasteiger partial charge in [0, 0.05) is 31.9 Å². The van der Waals surface area contributed by atoms with Crippen molar-refractivity contribution < 1.29 is 22.0 Å². The van der Waals surface area contributed by atoms with Crippen LogP contribution in [0.25, 0.3) is 0 Å². The van der Waals surface area contributed by atoms with Gasteiger partial charge in [0.1, 0.15) is 17.2 Å². The summed E-state index contributed by atoms with van der Waals surface area (Å²) in [5.74, 6) is -3.71. The third kappa shape index (κ3) is 4.17. The zero-order chi connectivity index (χ0) is 22.9. The van der Waals surface area contributed by atoms with E-state index in [1.165, 1.54) is 28.6 Å². The molecule has 0 aliphatic carbocycles. The molecule has 4 N–H and O–H groups in total. The van der Waals surface area contributed by atoms with Gasteiger partial charge >= 0.3 is 0 Å². The molecule has 1 fully saturated rings. The molecule has 1 aliphatic heterocycles. The second kappa shape index (κ2) is 8.61. The molecule has 1 aliphatic rings. The lowest BCUT2D eigenvalue weighted by Crippen LogP contribution is -2.46. The van der Waals surface area contributed by atoms with Crippen molar-refractivity contribution in [3.8, 4) is 0 Å². The van der Waals surface area contributed by atoms with Crippen LogP contribution in [0, 0.1) is 11.6 Å². The summed E-state index contributed by atoms with van der Waals surface area (Å²) < 4.78 is 55.2. The van der Waals surface area contributed by atoms with Crippen molar-refractivity contribution in [2.45, 2.75) is 4.90 Å². The van der Waals surface area contributed by atoms with E-state index in [1.807, 2.05) is 0 Å². The molecule has 2 aromatic carbocycles. The second-order valence-corrected chi connectivity index (χ2v) is 8.85. The first-order chi connectivity index (χ1) is 15.3. The van der Waals surface area contributed by atoms with Crippen LogP contribution in [0.15, 0.2) is 47.4 Å². The van der Waals surface area contributed by atoms with E-state index in [4.69, 9.17) is 5.73 Å². The zero-order valence-electron chi connectivity index (χ0n) is 16.6. The summed E-state index contributed by atoms with van der Waals surface area (Å²) in [6.07, 6.45) is 0. The fourth-order valence-corrected chi connectivity index (χ4v) is 4.65. The Bertz CT molecular complexity index is 1240. The Labute approximate surface area is 182 Å². The number of nitrogens with zero attached hydrogens (tertiary/aromatic N) is 4. The average molecular weight is 463 g/mol. The lowest BCUT2D eigenvalue weighted by molar-refractivity contribution is 0.0939. The number of sulfonamides is 1. The zero-order valence-corrected chi connectivity index (χ0v) is 17.4. The van der Waals surface area contributed by atoms with Gasteiger partial charge < -0.3 is 16.4 Å². The molecule has 0 unspecified atom stereocenters. The van der Waals surface area contributed by atoms with Gasteiger partial charge in [0.2, 0.25) is 21.9 Å². The van der Waals surface area contributed by atoms with E-state index in [1.54, 1.807) is 0 Å². The van der Waals surface area contributed by atoms with Crippen LogP contribution in [0.3, 0.4) is 0 Å². The highest BCUT2D eigenvalue weighted by Gasteiger charge is 2.26. The number of nitrogens with one attached hydrogen (secondary N) is 2. The van der Waals surface area contributed by atoms with Gasteiger partial charge in [0.25, 0.3) is 5.91 Å². The smallest absolute Gasteiger partial charge is 0.287 e. The Kier molecular flexibility index (Phi) is 5.86.